The van der Waals surface area contributed by atoms with Gasteiger partial charge in [0.05, 0.1) is 5.41 Å². The Morgan fingerprint density at radius 2 is 1.88 bits per heavy atom. The van der Waals surface area contributed by atoms with Gasteiger partial charge < -0.3 is 10.4 Å². The Labute approximate surface area is 102 Å². The minimum Gasteiger partial charge on any atom is -0.481 e. The SMILES string of the molecule is CC1(C(=O)O)CCCCC1NC(=O)C1CCC1. The molecule has 96 valence electrons. The van der Waals surface area contributed by atoms with E-state index in [1.54, 1.807) is 6.92 Å². The first kappa shape index (κ1) is 12.4. The molecule has 2 rings (SSSR count). The molecule has 2 fully saturated rings. The van der Waals surface area contributed by atoms with Crippen LogP contribution in [0.25, 0.3) is 0 Å². The Balaban J connectivity index is 2.01. The Kier molecular flexibility index (Phi) is 3.40. The zero-order chi connectivity index (χ0) is 12.5. The van der Waals surface area contributed by atoms with Crippen LogP contribution in [0.15, 0.2) is 0 Å². The van der Waals surface area contributed by atoms with Gasteiger partial charge in [-0.15, -0.1) is 0 Å². The van der Waals surface area contributed by atoms with Crippen molar-refractivity contribution in [1.29, 1.82) is 0 Å². The van der Waals surface area contributed by atoms with Crippen molar-refractivity contribution >= 4 is 11.9 Å². The summed E-state index contributed by atoms with van der Waals surface area (Å²) in [6.07, 6.45) is 6.46. The summed E-state index contributed by atoms with van der Waals surface area (Å²) in [6.45, 7) is 1.76. The molecule has 4 nitrogen and oxygen atoms in total. The van der Waals surface area contributed by atoms with Crippen LogP contribution in [-0.2, 0) is 9.59 Å². The zero-order valence-electron chi connectivity index (χ0n) is 10.4. The molecule has 0 heterocycles. The van der Waals surface area contributed by atoms with Gasteiger partial charge in [-0.3, -0.25) is 9.59 Å². The van der Waals surface area contributed by atoms with E-state index in [2.05, 4.69) is 5.32 Å². The highest BCUT2D eigenvalue weighted by Crippen LogP contribution is 2.37. The predicted octanol–water partition coefficient (Wildman–Crippen LogP) is 1.94. The van der Waals surface area contributed by atoms with Crippen molar-refractivity contribution < 1.29 is 14.7 Å². The van der Waals surface area contributed by atoms with E-state index < -0.39 is 11.4 Å². The first-order valence-corrected chi connectivity index (χ1v) is 6.58. The summed E-state index contributed by atoms with van der Waals surface area (Å²) in [5, 5.41) is 12.3. The Morgan fingerprint density at radius 3 is 2.41 bits per heavy atom. The van der Waals surface area contributed by atoms with Crippen LogP contribution in [0.4, 0.5) is 0 Å². The highest BCUT2D eigenvalue weighted by Gasteiger charge is 2.44. The van der Waals surface area contributed by atoms with Crippen molar-refractivity contribution in [2.45, 2.75) is 57.9 Å². The second-order valence-electron chi connectivity index (χ2n) is 5.66. The zero-order valence-corrected chi connectivity index (χ0v) is 10.4. The average Bonchev–Trinajstić information content (AvgIpc) is 2.18. The van der Waals surface area contributed by atoms with Crippen LogP contribution >= 0.6 is 0 Å². The summed E-state index contributed by atoms with van der Waals surface area (Å²) in [7, 11) is 0. The van der Waals surface area contributed by atoms with Crippen molar-refractivity contribution in [3.8, 4) is 0 Å². The third-order valence-electron chi connectivity index (χ3n) is 4.49. The lowest BCUT2D eigenvalue weighted by Crippen LogP contribution is -2.53. The number of aliphatic carboxylic acids is 1. The maximum Gasteiger partial charge on any atom is 0.311 e. The fourth-order valence-corrected chi connectivity index (χ4v) is 2.78. The molecule has 0 aromatic heterocycles. The molecule has 2 unspecified atom stereocenters. The first-order valence-electron chi connectivity index (χ1n) is 6.58. The summed E-state index contributed by atoms with van der Waals surface area (Å²) >= 11 is 0. The predicted molar refractivity (Wildman–Crippen MR) is 63.5 cm³/mol. The monoisotopic (exact) mass is 239 g/mol. The quantitative estimate of drug-likeness (QED) is 0.791. The summed E-state index contributed by atoms with van der Waals surface area (Å²) in [5.41, 5.74) is -0.780. The number of carboxylic acid groups (broad SMARTS) is 1. The normalized spacial score (nSPS) is 33.8. The van der Waals surface area contributed by atoms with Gasteiger partial charge in [0, 0.05) is 12.0 Å². The van der Waals surface area contributed by atoms with Gasteiger partial charge in [0.15, 0.2) is 0 Å². The number of nitrogens with one attached hydrogen (secondary N) is 1. The van der Waals surface area contributed by atoms with Crippen LogP contribution in [-0.4, -0.2) is 23.0 Å². The molecule has 0 aromatic carbocycles. The molecule has 1 amide bonds. The lowest BCUT2D eigenvalue weighted by atomic mass is 9.71. The Bertz CT molecular complexity index is 325. The van der Waals surface area contributed by atoms with Crippen LogP contribution in [0.2, 0.25) is 0 Å². The molecule has 2 aliphatic rings. The number of carbonyl (C=O) groups excluding carboxylic acids is 1. The topological polar surface area (TPSA) is 66.4 Å². The lowest BCUT2D eigenvalue weighted by molar-refractivity contribution is -0.152. The molecule has 2 N–H and O–H groups in total. The molecule has 2 atom stereocenters. The number of amides is 1. The molecule has 17 heavy (non-hydrogen) atoms. The van der Waals surface area contributed by atoms with Crippen LogP contribution in [0.5, 0.6) is 0 Å². The smallest absolute Gasteiger partial charge is 0.311 e. The molecule has 0 aromatic rings. The molecule has 2 saturated carbocycles. The lowest BCUT2D eigenvalue weighted by Gasteiger charge is -2.39. The van der Waals surface area contributed by atoms with Crippen molar-refractivity contribution in [1.82, 2.24) is 5.32 Å². The van der Waals surface area contributed by atoms with Crippen LogP contribution in [0.3, 0.4) is 0 Å². The Hall–Kier alpha value is -1.06. The first-order chi connectivity index (χ1) is 8.04. The maximum absolute atomic E-state index is 11.9. The molecule has 4 heteroatoms. The highest BCUT2D eigenvalue weighted by atomic mass is 16.4. The fourth-order valence-electron chi connectivity index (χ4n) is 2.78. The number of hydrogen-bond donors (Lipinski definition) is 2. The van der Waals surface area contributed by atoms with E-state index in [4.69, 9.17) is 0 Å². The van der Waals surface area contributed by atoms with Gasteiger partial charge in [0.25, 0.3) is 0 Å². The van der Waals surface area contributed by atoms with Gasteiger partial charge in [0.2, 0.25) is 5.91 Å². The van der Waals surface area contributed by atoms with Gasteiger partial charge >= 0.3 is 5.97 Å². The largest absolute Gasteiger partial charge is 0.481 e. The van der Waals surface area contributed by atoms with Gasteiger partial charge in [-0.2, -0.15) is 0 Å². The maximum atomic E-state index is 11.9. The van der Waals surface area contributed by atoms with Crippen molar-refractivity contribution in [2.75, 3.05) is 0 Å². The van der Waals surface area contributed by atoms with E-state index in [1.165, 1.54) is 0 Å². The van der Waals surface area contributed by atoms with E-state index in [9.17, 15) is 14.7 Å². The van der Waals surface area contributed by atoms with Crippen molar-refractivity contribution in [3.63, 3.8) is 0 Å². The number of rotatable bonds is 3. The fraction of sp³-hybridized carbons (Fsp3) is 0.846. The third-order valence-corrected chi connectivity index (χ3v) is 4.49. The minimum atomic E-state index is -0.781. The van der Waals surface area contributed by atoms with E-state index in [1.807, 2.05) is 0 Å². The summed E-state index contributed by atoms with van der Waals surface area (Å²) in [5.74, 6) is -0.582. The molecular formula is C13H21NO3. The Morgan fingerprint density at radius 1 is 1.18 bits per heavy atom. The van der Waals surface area contributed by atoms with Gasteiger partial charge in [-0.05, 0) is 32.6 Å². The number of hydrogen-bond acceptors (Lipinski definition) is 2. The van der Waals surface area contributed by atoms with Gasteiger partial charge in [-0.1, -0.05) is 19.3 Å². The molecule has 0 bridgehead atoms. The van der Waals surface area contributed by atoms with E-state index in [0.717, 1.165) is 38.5 Å². The highest BCUT2D eigenvalue weighted by molar-refractivity contribution is 5.82. The van der Waals surface area contributed by atoms with E-state index in [0.29, 0.717) is 6.42 Å². The molecule has 0 aliphatic heterocycles. The van der Waals surface area contributed by atoms with Crippen LogP contribution in [0.1, 0.15) is 51.9 Å². The van der Waals surface area contributed by atoms with Gasteiger partial charge in [0.1, 0.15) is 0 Å². The van der Waals surface area contributed by atoms with Crippen molar-refractivity contribution in [3.05, 3.63) is 0 Å². The van der Waals surface area contributed by atoms with E-state index >= 15 is 0 Å². The summed E-state index contributed by atoms with van der Waals surface area (Å²) in [4.78, 5) is 23.3. The molecule has 0 saturated heterocycles. The third kappa shape index (κ3) is 2.31. The number of carboxylic acids is 1. The van der Waals surface area contributed by atoms with Crippen LogP contribution in [0, 0.1) is 11.3 Å². The van der Waals surface area contributed by atoms with Crippen molar-refractivity contribution in [2.24, 2.45) is 11.3 Å². The second kappa shape index (κ2) is 4.67. The molecule has 0 radical (unpaired) electrons. The van der Waals surface area contributed by atoms with Gasteiger partial charge in [-0.25, -0.2) is 0 Å². The second-order valence-corrected chi connectivity index (χ2v) is 5.66. The summed E-state index contributed by atoms with van der Waals surface area (Å²) < 4.78 is 0. The van der Waals surface area contributed by atoms with Crippen LogP contribution < -0.4 is 5.32 Å². The molecular weight excluding hydrogens is 218 g/mol. The average molecular weight is 239 g/mol. The summed E-state index contributed by atoms with van der Waals surface area (Å²) in [6, 6.07) is -0.193. The molecule has 0 spiro atoms. The number of carbonyl (C=O) groups is 2. The van der Waals surface area contributed by atoms with E-state index in [-0.39, 0.29) is 17.9 Å². The minimum absolute atomic E-state index is 0.0654. The molecule has 2 aliphatic carbocycles. The standard InChI is InChI=1S/C13H21NO3/c1-13(12(16)17)8-3-2-7-10(13)14-11(15)9-5-4-6-9/h9-10H,2-8H2,1H3,(H,14,15)(H,16,17).